The van der Waals surface area contributed by atoms with E-state index >= 15 is 0 Å². The lowest BCUT2D eigenvalue weighted by Gasteiger charge is -2.61. The maximum absolute atomic E-state index is 14.2. The van der Waals surface area contributed by atoms with E-state index < -0.39 is 6.10 Å². The fourth-order valence-electron chi connectivity index (χ4n) is 16.4. The fourth-order valence-corrected chi connectivity index (χ4v) is 16.4. The number of Topliss-reactive ketones (excluding diaryl/α,β-unsaturated/α-hetero) is 1. The Morgan fingerprint density at radius 1 is 0.625 bits per heavy atom. The summed E-state index contributed by atoms with van der Waals surface area (Å²) < 4.78 is 27.4. The lowest BCUT2D eigenvalue weighted by atomic mass is 9.44. The number of fused-ring (bicyclic) bond motifs is 5. The number of unbranched alkanes of at least 4 members (excludes halogenated alkanes) is 14. The molecular weight excluding hydrogens is 1110 g/mol. The van der Waals surface area contributed by atoms with E-state index in [9.17, 15) is 33.9 Å². The number of ether oxygens (including phenoxy) is 5. The van der Waals surface area contributed by atoms with Gasteiger partial charge < -0.3 is 54.5 Å². The van der Waals surface area contributed by atoms with Crippen molar-refractivity contribution < 1.29 is 57.6 Å². The van der Waals surface area contributed by atoms with Crippen LogP contribution in [0.5, 0.6) is 0 Å². The van der Waals surface area contributed by atoms with Gasteiger partial charge in [0, 0.05) is 65.4 Å². The SMILES string of the molecule is CCCCCCCC/C=C\CCCCCCCC(=O)N[C@H]1CC[C@@]2(C)C(CCC3C4CCC(C(C)CCC(=O)N(CC(=O)CCCCCCC(=O)N5C[C@H](O)C[C@H]5COC)CC(=O)NCCOCCOCCOCCOCCC(=O)NC)[C@@]4(C)CCC32)C1. The van der Waals surface area contributed by atoms with Gasteiger partial charge in [-0.3, -0.25) is 28.8 Å². The van der Waals surface area contributed by atoms with Crippen molar-refractivity contribution in [2.75, 3.05) is 99.8 Å². The highest BCUT2D eigenvalue weighted by molar-refractivity contribution is 5.89. The molecule has 5 amide bonds. The zero-order valence-corrected chi connectivity index (χ0v) is 56.2. The maximum Gasteiger partial charge on any atom is 0.239 e. The van der Waals surface area contributed by atoms with Crippen molar-refractivity contribution in [1.82, 2.24) is 25.8 Å². The van der Waals surface area contributed by atoms with Crippen LogP contribution in [0.1, 0.15) is 240 Å². The van der Waals surface area contributed by atoms with Crippen molar-refractivity contribution in [2.45, 2.75) is 258 Å². The highest BCUT2D eigenvalue weighted by atomic mass is 16.6. The number of aliphatic hydroxyl groups is 1. The molecule has 4 aliphatic carbocycles. The number of nitrogens with one attached hydrogen (secondary N) is 3. The van der Waals surface area contributed by atoms with Crippen molar-refractivity contribution in [2.24, 2.45) is 46.3 Å². The van der Waals surface area contributed by atoms with Crippen LogP contribution >= 0.6 is 0 Å². The molecule has 11 atom stereocenters. The van der Waals surface area contributed by atoms with Gasteiger partial charge in [-0.05, 0) is 162 Å². The number of allylic oxidation sites excluding steroid dienone is 2. The second-order valence-electron chi connectivity index (χ2n) is 27.7. The van der Waals surface area contributed by atoms with Crippen LogP contribution in [0.3, 0.4) is 0 Å². The summed E-state index contributed by atoms with van der Waals surface area (Å²) in [6, 6.07) is 0.199. The summed E-state index contributed by atoms with van der Waals surface area (Å²) in [5, 5.41) is 19.1. The molecule has 6 unspecified atom stereocenters. The number of β-amino-alcohol motifs (C(OH)–C–C–N with tert-alkyl or cyclic N) is 1. The van der Waals surface area contributed by atoms with Crippen LogP contribution in [0.25, 0.3) is 0 Å². The zero-order chi connectivity index (χ0) is 63.4. The number of nitrogens with zero attached hydrogens (tertiary/aromatic N) is 2. The molecule has 0 radical (unpaired) electrons. The van der Waals surface area contributed by atoms with Crippen LogP contribution < -0.4 is 16.0 Å². The molecule has 1 heterocycles. The van der Waals surface area contributed by atoms with E-state index in [1.54, 1.807) is 19.1 Å². The van der Waals surface area contributed by atoms with Crippen LogP contribution in [0.2, 0.25) is 0 Å². The molecule has 0 spiro atoms. The molecule has 4 N–H and O–H groups in total. The predicted octanol–water partition coefficient (Wildman–Crippen LogP) is 11.2. The summed E-state index contributed by atoms with van der Waals surface area (Å²) >= 11 is 0. The number of likely N-dealkylation sites (tertiary alicyclic amines) is 1. The van der Waals surface area contributed by atoms with Gasteiger partial charge in [-0.1, -0.05) is 104 Å². The summed E-state index contributed by atoms with van der Waals surface area (Å²) in [5.74, 6) is 3.27. The lowest BCUT2D eigenvalue weighted by Crippen LogP contribution is -2.55. The number of ketones is 1. The number of carbonyl (C=O) groups excluding carboxylic acids is 6. The molecule has 17 nitrogen and oxygen atoms in total. The summed E-state index contributed by atoms with van der Waals surface area (Å²) in [5.41, 5.74) is 0.544. The third-order valence-corrected chi connectivity index (χ3v) is 21.4. The van der Waals surface area contributed by atoms with E-state index in [1.165, 1.54) is 120 Å². The Labute approximate surface area is 532 Å². The Morgan fingerprint density at radius 3 is 1.90 bits per heavy atom. The van der Waals surface area contributed by atoms with Gasteiger partial charge in [-0.25, -0.2) is 0 Å². The first-order chi connectivity index (χ1) is 42.6. The van der Waals surface area contributed by atoms with Crippen molar-refractivity contribution >= 4 is 35.3 Å². The quantitative estimate of drug-likeness (QED) is 0.0331. The molecule has 506 valence electrons. The molecular formula is C71H125N5O12. The smallest absolute Gasteiger partial charge is 0.239 e. The second kappa shape index (κ2) is 42.6. The highest BCUT2D eigenvalue weighted by Gasteiger charge is 2.60. The number of amides is 5. The van der Waals surface area contributed by atoms with Crippen LogP contribution in [-0.2, 0) is 52.5 Å². The van der Waals surface area contributed by atoms with Gasteiger partial charge >= 0.3 is 0 Å². The summed E-state index contributed by atoms with van der Waals surface area (Å²) in [7, 11) is 3.20. The van der Waals surface area contributed by atoms with Gasteiger partial charge in [-0.15, -0.1) is 0 Å². The fraction of sp³-hybridized carbons (Fsp3) is 0.887. The van der Waals surface area contributed by atoms with Gasteiger partial charge in [0.15, 0.2) is 5.78 Å². The Balaban J connectivity index is 1.01. The maximum atomic E-state index is 14.2. The first kappa shape index (κ1) is 75.2. The van der Waals surface area contributed by atoms with Crippen molar-refractivity contribution in [1.29, 1.82) is 0 Å². The monoisotopic (exact) mass is 1240 g/mol. The number of hydrogen-bond donors (Lipinski definition) is 4. The van der Waals surface area contributed by atoms with E-state index in [4.69, 9.17) is 23.7 Å². The molecule has 5 rings (SSSR count). The van der Waals surface area contributed by atoms with Crippen LogP contribution in [0.4, 0.5) is 0 Å². The van der Waals surface area contributed by atoms with E-state index in [1.807, 2.05) is 0 Å². The molecule has 88 heavy (non-hydrogen) atoms. The molecule has 1 aliphatic heterocycles. The van der Waals surface area contributed by atoms with Gasteiger partial charge in [0.05, 0.1) is 84.7 Å². The third kappa shape index (κ3) is 26.3. The van der Waals surface area contributed by atoms with Crippen molar-refractivity contribution in [3.8, 4) is 0 Å². The summed E-state index contributed by atoms with van der Waals surface area (Å²) in [4.78, 5) is 81.8. The van der Waals surface area contributed by atoms with Gasteiger partial charge in [0.25, 0.3) is 0 Å². The number of aliphatic hydroxyl groups excluding tert-OH is 1. The van der Waals surface area contributed by atoms with Gasteiger partial charge in [0.2, 0.25) is 29.5 Å². The minimum Gasteiger partial charge on any atom is -0.391 e. The van der Waals surface area contributed by atoms with E-state index in [0.717, 1.165) is 50.4 Å². The third-order valence-electron chi connectivity index (χ3n) is 21.4. The van der Waals surface area contributed by atoms with Crippen molar-refractivity contribution in [3.63, 3.8) is 0 Å². The number of carbonyl (C=O) groups is 6. The average Bonchev–Trinajstić information content (AvgIpc) is 1.33. The first-order valence-corrected chi connectivity index (χ1v) is 35.6. The summed E-state index contributed by atoms with van der Waals surface area (Å²) in [6.45, 7) is 13.4. The van der Waals surface area contributed by atoms with Gasteiger partial charge in [0.1, 0.15) is 0 Å². The zero-order valence-electron chi connectivity index (χ0n) is 56.2. The number of rotatable bonds is 48. The summed E-state index contributed by atoms with van der Waals surface area (Å²) in [6.07, 6.45) is 37.6. The average molecular weight is 1240 g/mol. The largest absolute Gasteiger partial charge is 0.391 e. The van der Waals surface area contributed by atoms with E-state index in [2.05, 4.69) is 55.8 Å². The molecule has 0 bridgehead atoms. The molecule has 5 aliphatic rings. The minimum absolute atomic E-state index is 0.0207. The van der Waals surface area contributed by atoms with Crippen LogP contribution in [-0.4, -0.2) is 168 Å². The number of hydrogen-bond acceptors (Lipinski definition) is 12. The predicted molar refractivity (Wildman–Crippen MR) is 347 cm³/mol. The number of methoxy groups -OCH3 is 1. The minimum atomic E-state index is -0.527. The molecule has 0 aromatic carbocycles. The molecule has 1 saturated heterocycles. The van der Waals surface area contributed by atoms with Crippen LogP contribution in [0.15, 0.2) is 12.2 Å². The van der Waals surface area contributed by atoms with E-state index in [-0.39, 0.29) is 79.4 Å². The lowest BCUT2D eigenvalue weighted by molar-refractivity contribution is -0.139. The van der Waals surface area contributed by atoms with Gasteiger partial charge in [-0.2, -0.15) is 0 Å². The molecule has 17 heteroatoms. The highest BCUT2D eigenvalue weighted by Crippen LogP contribution is 2.68. The van der Waals surface area contributed by atoms with Crippen LogP contribution in [0, 0.1) is 46.3 Å². The molecule has 5 fully saturated rings. The molecule has 0 aromatic heterocycles. The molecule has 4 saturated carbocycles. The van der Waals surface area contributed by atoms with E-state index in [0.29, 0.717) is 146 Å². The Morgan fingerprint density at radius 2 is 1.23 bits per heavy atom. The Bertz CT molecular complexity index is 2050. The second-order valence-corrected chi connectivity index (χ2v) is 27.7. The Kier molecular flexibility index (Phi) is 36.4. The van der Waals surface area contributed by atoms with Crippen molar-refractivity contribution in [3.05, 3.63) is 12.2 Å². The Hall–Kier alpha value is -3.48. The normalized spacial score (nSPS) is 26.1. The molecule has 0 aromatic rings. The standard InChI is InChI=1S/C71H125N5O12/c1-7-8-9-10-11-12-13-14-15-16-17-18-19-20-24-27-66(80)74-57-35-38-70(3)56(49-57)30-31-61-63-33-32-62(71(63,4)39-36-64(61)70)55(2)29-34-68(82)75(51-59(77)26-23-21-22-25-28-69(83)76-52-60(78)50-58(76)54-84-6)53-67(81)73-40-42-86-44-46-88-48-47-87-45-43-85-41-37-65(79)72-5/h14-15,55-58,60-64,78H,7-13,16-54H2,1-6H3,(H,72,79)(H,73,81)(H,74,80)/b15-14-/t55?,56?,57-,58-,60+,61?,62?,63?,64?,70-,71+/m0/s1. The first-order valence-electron chi connectivity index (χ1n) is 35.6. The topological polar surface area (TPSA) is 211 Å².